The molecular weight excluding hydrogens is 386 g/mol. The molecule has 1 unspecified atom stereocenters. The molecule has 5 nitrogen and oxygen atoms in total. The first-order valence-corrected chi connectivity index (χ1v) is 11.4. The minimum Gasteiger partial charge on any atom is -0.346 e. The van der Waals surface area contributed by atoms with Crippen molar-refractivity contribution in [1.29, 1.82) is 0 Å². The standard InChI is InChI=1S/C23H32ClN3O2/c1-3-27(13-21(28)25-20-9-19(24)5-4-15(20)2)14-22(29)26-23-10-16-6-17(11-23)8-18(7-16)12-23/h4-5,9,16-18H,3,6-8,10-14H2,1-2H3,(H,25,28)(H,26,29)/p+1. The number of anilines is 1. The van der Waals surface area contributed by atoms with Gasteiger partial charge in [-0.1, -0.05) is 17.7 Å². The third-order valence-corrected chi connectivity index (χ3v) is 7.47. The molecule has 29 heavy (non-hydrogen) atoms. The van der Waals surface area contributed by atoms with Crippen molar-refractivity contribution in [1.82, 2.24) is 5.32 Å². The van der Waals surface area contributed by atoms with Crippen LogP contribution in [0.25, 0.3) is 0 Å². The van der Waals surface area contributed by atoms with Crippen molar-refractivity contribution in [2.45, 2.75) is 57.9 Å². The smallest absolute Gasteiger partial charge is 0.279 e. The monoisotopic (exact) mass is 418 g/mol. The van der Waals surface area contributed by atoms with Crippen molar-refractivity contribution in [3.05, 3.63) is 28.8 Å². The van der Waals surface area contributed by atoms with Crippen LogP contribution in [0.2, 0.25) is 5.02 Å². The quantitative estimate of drug-likeness (QED) is 0.637. The zero-order chi connectivity index (χ0) is 20.6. The van der Waals surface area contributed by atoms with Gasteiger partial charge in [0.05, 0.1) is 6.54 Å². The van der Waals surface area contributed by atoms with Gasteiger partial charge >= 0.3 is 0 Å². The van der Waals surface area contributed by atoms with Crippen LogP contribution in [0.4, 0.5) is 5.69 Å². The van der Waals surface area contributed by atoms with Crippen LogP contribution in [-0.4, -0.2) is 37.0 Å². The lowest BCUT2D eigenvalue weighted by molar-refractivity contribution is -0.881. The Morgan fingerprint density at radius 1 is 1.07 bits per heavy atom. The Morgan fingerprint density at radius 3 is 2.24 bits per heavy atom. The van der Waals surface area contributed by atoms with Crippen LogP contribution in [0.3, 0.4) is 0 Å². The molecule has 1 aromatic rings. The van der Waals surface area contributed by atoms with E-state index < -0.39 is 0 Å². The van der Waals surface area contributed by atoms with Crippen molar-refractivity contribution in [3.63, 3.8) is 0 Å². The van der Waals surface area contributed by atoms with Crippen LogP contribution in [0.5, 0.6) is 0 Å². The van der Waals surface area contributed by atoms with Crippen molar-refractivity contribution < 1.29 is 14.5 Å². The first-order valence-electron chi connectivity index (χ1n) is 11.0. The normalized spacial score (nSPS) is 30.8. The summed E-state index contributed by atoms with van der Waals surface area (Å²) in [4.78, 5) is 26.4. The van der Waals surface area contributed by atoms with Gasteiger partial charge in [-0.3, -0.25) is 9.59 Å². The Balaban J connectivity index is 1.31. The maximum Gasteiger partial charge on any atom is 0.279 e. The zero-order valence-electron chi connectivity index (χ0n) is 17.5. The summed E-state index contributed by atoms with van der Waals surface area (Å²) in [7, 11) is 0. The first-order chi connectivity index (χ1) is 13.8. The van der Waals surface area contributed by atoms with Gasteiger partial charge in [0, 0.05) is 16.2 Å². The van der Waals surface area contributed by atoms with Crippen LogP contribution in [0, 0.1) is 24.7 Å². The molecule has 2 amide bonds. The van der Waals surface area contributed by atoms with Crippen molar-refractivity contribution in [3.8, 4) is 0 Å². The number of rotatable bonds is 7. The number of amides is 2. The molecule has 0 spiro atoms. The number of benzene rings is 1. The van der Waals surface area contributed by atoms with Gasteiger partial charge in [-0.2, -0.15) is 0 Å². The van der Waals surface area contributed by atoms with Gasteiger partial charge in [-0.05, 0) is 87.8 Å². The number of carbonyl (C=O) groups is 2. The van der Waals surface area contributed by atoms with Crippen LogP contribution in [0.15, 0.2) is 18.2 Å². The van der Waals surface area contributed by atoms with Crippen LogP contribution >= 0.6 is 11.6 Å². The Bertz CT molecular complexity index is 759. The van der Waals surface area contributed by atoms with Gasteiger partial charge < -0.3 is 15.5 Å². The van der Waals surface area contributed by atoms with E-state index in [2.05, 4.69) is 10.6 Å². The molecule has 0 saturated heterocycles. The van der Waals surface area contributed by atoms with Crippen molar-refractivity contribution in [2.75, 3.05) is 25.0 Å². The van der Waals surface area contributed by atoms with Crippen LogP contribution in [0.1, 0.15) is 51.0 Å². The second kappa shape index (κ2) is 8.27. The van der Waals surface area contributed by atoms with E-state index in [4.69, 9.17) is 11.6 Å². The largest absolute Gasteiger partial charge is 0.346 e. The summed E-state index contributed by atoms with van der Waals surface area (Å²) in [5.41, 5.74) is 1.74. The van der Waals surface area contributed by atoms with E-state index >= 15 is 0 Å². The van der Waals surface area contributed by atoms with E-state index in [0.717, 1.165) is 59.7 Å². The summed E-state index contributed by atoms with van der Waals surface area (Å²) in [6.07, 6.45) is 7.56. The number of aryl methyl sites for hydroxylation is 1. The van der Waals surface area contributed by atoms with Gasteiger partial charge in [0.1, 0.15) is 0 Å². The minimum absolute atomic E-state index is 0.0326. The topological polar surface area (TPSA) is 62.6 Å². The second-order valence-electron chi connectivity index (χ2n) is 9.71. The summed E-state index contributed by atoms with van der Waals surface area (Å²) >= 11 is 6.04. The van der Waals surface area contributed by atoms with E-state index in [1.54, 1.807) is 6.07 Å². The van der Waals surface area contributed by atoms with Gasteiger partial charge in [0.15, 0.2) is 13.1 Å². The molecule has 4 aliphatic rings. The van der Waals surface area contributed by atoms with Crippen molar-refractivity contribution in [2.24, 2.45) is 17.8 Å². The average molecular weight is 419 g/mol. The van der Waals surface area contributed by atoms with Gasteiger partial charge in [0.25, 0.3) is 11.8 Å². The molecule has 0 heterocycles. The first kappa shape index (κ1) is 20.7. The lowest BCUT2D eigenvalue weighted by Crippen LogP contribution is -3.14. The second-order valence-corrected chi connectivity index (χ2v) is 10.1. The highest BCUT2D eigenvalue weighted by molar-refractivity contribution is 6.31. The third kappa shape index (κ3) is 4.77. The summed E-state index contributed by atoms with van der Waals surface area (Å²) < 4.78 is 0. The fourth-order valence-corrected chi connectivity index (χ4v) is 6.47. The molecule has 158 valence electrons. The molecule has 0 radical (unpaired) electrons. The molecule has 1 aromatic carbocycles. The molecule has 4 fully saturated rings. The Labute approximate surface area is 178 Å². The van der Waals surface area contributed by atoms with E-state index in [1.165, 1.54) is 19.3 Å². The molecule has 3 N–H and O–H groups in total. The van der Waals surface area contributed by atoms with Gasteiger partial charge in [0.2, 0.25) is 0 Å². The molecule has 0 aromatic heterocycles. The molecule has 5 rings (SSSR count). The predicted molar refractivity (Wildman–Crippen MR) is 115 cm³/mol. The lowest BCUT2D eigenvalue weighted by atomic mass is 9.53. The van der Waals surface area contributed by atoms with E-state index in [1.807, 2.05) is 26.0 Å². The Morgan fingerprint density at radius 2 is 1.66 bits per heavy atom. The SMILES string of the molecule is CC[NH+](CC(=O)Nc1cc(Cl)ccc1C)CC(=O)NC12CC3CC(CC(C3)C1)C2. The maximum absolute atomic E-state index is 12.9. The summed E-state index contributed by atoms with van der Waals surface area (Å²) in [5.74, 6) is 2.43. The third-order valence-electron chi connectivity index (χ3n) is 7.24. The van der Waals surface area contributed by atoms with E-state index in [9.17, 15) is 9.59 Å². The Hall–Kier alpha value is -1.59. The predicted octanol–water partition coefficient (Wildman–Crippen LogP) is 2.58. The number of quaternary nitrogens is 1. The molecule has 4 bridgehead atoms. The number of carbonyl (C=O) groups excluding carboxylic acids is 2. The maximum atomic E-state index is 12.9. The number of nitrogens with one attached hydrogen (secondary N) is 3. The highest BCUT2D eigenvalue weighted by atomic mass is 35.5. The molecular formula is C23H33ClN3O2+. The van der Waals surface area contributed by atoms with E-state index in [-0.39, 0.29) is 23.9 Å². The fourth-order valence-electron chi connectivity index (χ4n) is 6.29. The molecule has 4 saturated carbocycles. The minimum atomic E-state index is -0.0881. The average Bonchev–Trinajstić information content (AvgIpc) is 2.62. The number of halogens is 1. The van der Waals surface area contributed by atoms with Gasteiger partial charge in [-0.25, -0.2) is 0 Å². The summed E-state index contributed by atoms with van der Waals surface area (Å²) in [5, 5.41) is 6.96. The molecule has 6 heteroatoms. The van der Waals surface area contributed by atoms with E-state index in [0.29, 0.717) is 11.6 Å². The molecule has 1 atom stereocenters. The zero-order valence-corrected chi connectivity index (χ0v) is 18.3. The summed E-state index contributed by atoms with van der Waals surface area (Å²) in [6.45, 7) is 5.31. The number of hydrogen-bond acceptors (Lipinski definition) is 2. The Kier molecular flexibility index (Phi) is 5.90. The highest BCUT2D eigenvalue weighted by Crippen LogP contribution is 2.55. The van der Waals surface area contributed by atoms with Crippen molar-refractivity contribution >= 4 is 29.1 Å². The fraction of sp³-hybridized carbons (Fsp3) is 0.652. The molecule has 4 aliphatic carbocycles. The number of likely N-dealkylation sites (N-methyl/N-ethyl adjacent to an activating group) is 1. The summed E-state index contributed by atoms with van der Waals surface area (Å²) in [6, 6.07) is 5.46. The van der Waals surface area contributed by atoms with Crippen LogP contribution < -0.4 is 15.5 Å². The lowest BCUT2D eigenvalue weighted by Gasteiger charge is -2.56. The highest BCUT2D eigenvalue weighted by Gasteiger charge is 2.51. The van der Waals surface area contributed by atoms with Gasteiger partial charge in [-0.15, -0.1) is 0 Å². The molecule has 0 aliphatic heterocycles. The van der Waals surface area contributed by atoms with Crippen LogP contribution in [-0.2, 0) is 9.59 Å². The number of hydrogen-bond donors (Lipinski definition) is 3.